The molecule has 0 aliphatic carbocycles. The largest absolute Gasteiger partial charge is 0.507 e. The maximum Gasteiger partial charge on any atom is 0.340 e. The lowest BCUT2D eigenvalue weighted by atomic mass is 10.0. The number of aromatic carboxylic acids is 1. The quantitative estimate of drug-likeness (QED) is 0.0293. The molecule has 12 aromatic carbocycles. The van der Waals surface area contributed by atoms with Crippen LogP contribution in [0, 0.1) is 13.8 Å². The minimum atomic E-state index is -1.14. The number of phenols is 2. The fourth-order valence-corrected chi connectivity index (χ4v) is 15.8. The Morgan fingerprint density at radius 2 is 0.538 bits per heavy atom. The normalized spacial score (nSPS) is 13.1. The molecule has 7 N–H and O–H groups in total. The summed E-state index contributed by atoms with van der Waals surface area (Å²) in [5.41, 5.74) is 13.5. The van der Waals surface area contributed by atoms with Gasteiger partial charge in [0.25, 0.3) is 23.6 Å². The van der Waals surface area contributed by atoms with Gasteiger partial charge in [-0.1, -0.05) is 174 Å². The summed E-state index contributed by atoms with van der Waals surface area (Å²) in [6.07, 6.45) is 10.4. The average Bonchev–Trinajstić information content (AvgIpc) is 0.808. The number of hydrogen-bond donors (Lipinski definition) is 7. The number of nitrogens with one attached hydrogen (secondary N) is 4. The highest BCUT2D eigenvalue weighted by Crippen LogP contribution is 2.37. The molecule has 3 aliphatic heterocycles. The zero-order chi connectivity index (χ0) is 93.7. The molecule has 12 aromatic rings. The van der Waals surface area contributed by atoms with Gasteiger partial charge in [-0.25, -0.2) is 19.2 Å². The summed E-state index contributed by atoms with van der Waals surface area (Å²) in [6.45, 7) is 25.8. The van der Waals surface area contributed by atoms with E-state index in [1.165, 1.54) is 44.2 Å². The molecule has 0 aromatic heterocycles. The molecule has 23 heteroatoms. The fraction of sp³-hybridized carbons (Fsp3) is 0.266. The van der Waals surface area contributed by atoms with Crippen molar-refractivity contribution in [3.05, 3.63) is 327 Å². The number of aromatic hydroxyl groups is 2. The van der Waals surface area contributed by atoms with Crippen LogP contribution >= 0.6 is 28.3 Å². The number of rotatable bonds is 19. The van der Waals surface area contributed by atoms with Crippen molar-refractivity contribution >= 4 is 116 Å². The zero-order valence-electron chi connectivity index (χ0n) is 76.5. The summed E-state index contributed by atoms with van der Waals surface area (Å²) < 4.78 is 17.5. The van der Waals surface area contributed by atoms with Gasteiger partial charge in [-0.3, -0.25) is 19.2 Å². The second-order valence-corrected chi connectivity index (χ2v) is 36.6. The van der Waals surface area contributed by atoms with Crippen LogP contribution in [-0.2, 0) is 14.2 Å². The molecule has 0 atom stereocenters. The van der Waals surface area contributed by atoms with Crippen molar-refractivity contribution in [2.45, 2.75) is 151 Å². The lowest BCUT2D eigenvalue weighted by molar-refractivity contribution is 0.00580. The summed E-state index contributed by atoms with van der Waals surface area (Å²) >= 11 is 3.41. The van der Waals surface area contributed by atoms with E-state index in [0.29, 0.717) is 39.3 Å². The second-order valence-electron chi connectivity index (χ2n) is 35.6. The van der Waals surface area contributed by atoms with E-state index in [9.17, 15) is 53.7 Å². The number of nitrogens with zero attached hydrogens (tertiary/aromatic N) is 3. The second kappa shape index (κ2) is 45.1. The molecule has 0 unspecified atom stereocenters. The molecular formula is C109H115BrClN7O14. The first-order valence-corrected chi connectivity index (χ1v) is 45.1. The van der Waals surface area contributed by atoms with Gasteiger partial charge >= 0.3 is 23.9 Å². The topological polar surface area (TPSA) is 283 Å². The van der Waals surface area contributed by atoms with Crippen molar-refractivity contribution in [3.63, 3.8) is 0 Å². The Bertz CT molecular complexity index is 5900. The van der Waals surface area contributed by atoms with Gasteiger partial charge < -0.3 is 65.5 Å². The first-order chi connectivity index (χ1) is 62.6. The molecule has 3 fully saturated rings. The van der Waals surface area contributed by atoms with E-state index in [0.717, 1.165) is 142 Å². The van der Waals surface area contributed by atoms with Gasteiger partial charge in [-0.15, -0.1) is 12.4 Å². The lowest BCUT2D eigenvalue weighted by Crippen LogP contribution is -2.29. The van der Waals surface area contributed by atoms with Crippen LogP contribution in [0.4, 0.5) is 39.8 Å². The Morgan fingerprint density at radius 3 is 0.826 bits per heavy atom. The predicted molar refractivity (Wildman–Crippen MR) is 534 cm³/mol. The van der Waals surface area contributed by atoms with Gasteiger partial charge in [-0.05, 0) is 299 Å². The SMILES string of the molecule is CC(C)(C)OC(=O)c1ccc(-c2ccccc2)cc1NC(=O)c1cc(N2CCCCC2)ccc1O.Cc1ccc(Br)cc1C(=O)Nc1cc(-c2ccccc2)ccc1C(=O)OC(C)(C)C.Cc1ccc(N2CCCCC2)cc1C(=O)Nc1cc(-c2ccccc2)ccc1C(=O)OC(C)(C)C.Cl.O=C(Nc1cc(-c2ccccc2)ccc1C(=O)O)c1cc(N2CCCCC2)ccc1O. The molecule has 3 aliphatic rings. The number of ether oxygens (including phenoxy) is 3. The molecule has 15 rings (SSSR count). The first-order valence-electron chi connectivity index (χ1n) is 44.3. The Labute approximate surface area is 787 Å². The van der Waals surface area contributed by atoms with Gasteiger partial charge in [0.1, 0.15) is 28.3 Å². The standard InChI is InChI=1S/C30H34N2O3.C29H32N2O4.C25H24BrNO3.C25H24N2O4.ClH/c1-21-13-15-24(32-17-9-6-10-18-32)20-26(21)28(33)31-27-19-23(22-11-7-5-8-12-22)14-16-25(27)29(34)35-30(2,3)4;1-29(2,3)35-28(34)23-14-12-21(20-10-6-4-7-11-20)18-25(23)30-27(33)24-19-22(13-15-26(24)32)31-16-8-5-9-17-31;1-16-10-12-19(26)15-21(16)23(28)27-22-14-18(17-8-6-5-7-9-17)11-13-20(22)24(29)30-25(2,3)4;28-23-12-10-19(27-13-5-2-6-14-27)16-21(23)24(29)26-22-15-18(9-11-20(22)25(30)31)17-7-3-1-4-8-17;/h5,7-8,11-16,19-20H,6,9-10,17-18H2,1-4H3,(H,31,33);4,6-7,10-15,18-19,32H,5,8-9,16-17H2,1-3H3,(H,30,33);5-15H,1-4H3,(H,27,28);1,3-4,7-12,15-16,28H,2,5-6,13-14H2,(H,26,29)(H,30,31);1H. The molecule has 3 heterocycles. The summed E-state index contributed by atoms with van der Waals surface area (Å²) in [4.78, 5) is 110. The number of carbonyl (C=O) groups is 8. The minimum absolute atomic E-state index is 0. The van der Waals surface area contributed by atoms with Crippen LogP contribution in [0.5, 0.6) is 11.5 Å². The molecule has 21 nitrogen and oxygen atoms in total. The molecule has 0 radical (unpaired) electrons. The lowest BCUT2D eigenvalue weighted by Gasteiger charge is -2.29. The van der Waals surface area contributed by atoms with Crippen molar-refractivity contribution in [3.8, 4) is 56.0 Å². The number of esters is 3. The van der Waals surface area contributed by atoms with Crippen LogP contribution in [0.15, 0.2) is 271 Å². The van der Waals surface area contributed by atoms with Gasteiger partial charge in [0.05, 0.1) is 56.1 Å². The molecule has 0 bridgehead atoms. The Morgan fingerprint density at radius 1 is 0.288 bits per heavy atom. The summed E-state index contributed by atoms with van der Waals surface area (Å²) in [6, 6.07) is 81.4. The Balaban J connectivity index is 0.000000170. The van der Waals surface area contributed by atoms with E-state index in [2.05, 4.69) is 58.0 Å². The number of carboxylic acids is 1. The van der Waals surface area contributed by atoms with E-state index >= 15 is 0 Å². The number of anilines is 7. The molecule has 0 saturated carbocycles. The maximum atomic E-state index is 13.5. The highest BCUT2D eigenvalue weighted by molar-refractivity contribution is 9.10. The van der Waals surface area contributed by atoms with Crippen LogP contribution in [-0.4, -0.2) is 119 Å². The number of halogens is 2. The van der Waals surface area contributed by atoms with E-state index in [1.807, 2.05) is 231 Å². The third-order valence-electron chi connectivity index (χ3n) is 22.1. The number of phenolic OH excluding ortho intramolecular Hbond substituents is 2. The number of piperidine rings is 3. The van der Waals surface area contributed by atoms with Crippen LogP contribution in [0.3, 0.4) is 0 Å². The van der Waals surface area contributed by atoms with Crippen LogP contribution in [0.1, 0.15) is 214 Å². The smallest absolute Gasteiger partial charge is 0.340 e. The molecular weight excluding hydrogens is 1750 g/mol. The Hall–Kier alpha value is -13.8. The first kappa shape index (κ1) is 98.8. The summed E-state index contributed by atoms with van der Waals surface area (Å²) in [5, 5.41) is 41.8. The summed E-state index contributed by atoms with van der Waals surface area (Å²) in [5.74, 6) is -4.44. The van der Waals surface area contributed by atoms with Gasteiger partial charge in [-0.2, -0.15) is 0 Å². The van der Waals surface area contributed by atoms with Crippen molar-refractivity contribution in [1.82, 2.24) is 0 Å². The van der Waals surface area contributed by atoms with Crippen LogP contribution in [0.25, 0.3) is 44.5 Å². The fourth-order valence-electron chi connectivity index (χ4n) is 15.5. The third-order valence-corrected chi connectivity index (χ3v) is 22.6. The third kappa shape index (κ3) is 27.4. The number of hydrogen-bond acceptors (Lipinski definition) is 16. The number of amides is 4. The van der Waals surface area contributed by atoms with Crippen molar-refractivity contribution in [2.75, 3.05) is 75.2 Å². The molecule has 684 valence electrons. The van der Waals surface area contributed by atoms with Crippen LogP contribution < -0.4 is 36.0 Å². The van der Waals surface area contributed by atoms with Gasteiger partial charge in [0.2, 0.25) is 0 Å². The zero-order valence-corrected chi connectivity index (χ0v) is 78.9. The highest BCUT2D eigenvalue weighted by atomic mass is 79.9. The molecule has 4 amide bonds. The maximum absolute atomic E-state index is 13.5. The van der Waals surface area contributed by atoms with Gasteiger partial charge in [0, 0.05) is 71.9 Å². The monoisotopic (exact) mass is 1860 g/mol. The van der Waals surface area contributed by atoms with E-state index in [4.69, 9.17) is 14.2 Å². The van der Waals surface area contributed by atoms with Gasteiger partial charge in [0.15, 0.2) is 0 Å². The number of benzene rings is 12. The van der Waals surface area contributed by atoms with Crippen molar-refractivity contribution in [2.24, 2.45) is 0 Å². The number of carbonyl (C=O) groups excluding carboxylic acids is 7. The van der Waals surface area contributed by atoms with E-state index in [1.54, 1.807) is 93.6 Å². The van der Waals surface area contributed by atoms with E-state index < -0.39 is 52.5 Å². The van der Waals surface area contributed by atoms with Crippen LogP contribution in [0.2, 0.25) is 0 Å². The predicted octanol–water partition coefficient (Wildman–Crippen LogP) is 25.2. The Kier molecular flexibility index (Phi) is 33.8. The van der Waals surface area contributed by atoms with E-state index in [-0.39, 0.29) is 63.7 Å². The molecule has 3 saturated heterocycles. The summed E-state index contributed by atoms with van der Waals surface area (Å²) in [7, 11) is 0. The highest BCUT2D eigenvalue weighted by Gasteiger charge is 2.29. The minimum Gasteiger partial charge on any atom is -0.507 e. The van der Waals surface area contributed by atoms with Crippen molar-refractivity contribution < 1.29 is 67.9 Å². The molecule has 132 heavy (non-hydrogen) atoms. The molecule has 0 spiro atoms. The number of carboxylic acid groups (broad SMARTS) is 1. The van der Waals surface area contributed by atoms with Crippen molar-refractivity contribution in [1.29, 1.82) is 0 Å². The average molecular weight is 1860 g/mol. The number of aryl methyl sites for hydroxylation is 2.